The van der Waals surface area contributed by atoms with Gasteiger partial charge in [-0.1, -0.05) is 19.3 Å². The Balaban J connectivity index is 7.42. The van der Waals surface area contributed by atoms with Gasteiger partial charge in [-0.3, -0.25) is 52.7 Å². The van der Waals surface area contributed by atoms with Crippen LogP contribution in [0.4, 0.5) is 4.79 Å². The second-order valence-corrected chi connectivity index (χ2v) is 23.0. The molecule has 0 saturated carbocycles. The Morgan fingerprint density at radius 1 is 0.366 bits per heavy atom. The zero-order valence-corrected chi connectivity index (χ0v) is 56.4. The highest BCUT2D eigenvalue weighted by Crippen LogP contribution is 2.24. The van der Waals surface area contributed by atoms with Crippen LogP contribution < -0.4 is 31.9 Å². The highest BCUT2D eigenvalue weighted by molar-refractivity contribution is 5.95. The lowest BCUT2D eigenvalue weighted by molar-refractivity contribution is -0.150. The van der Waals surface area contributed by atoms with Crippen molar-refractivity contribution in [1.29, 1.82) is 0 Å². The molecule has 29 heteroatoms. The fraction of sp³-hybridized carbons (Fsp3) is 0.750. The molecule has 29 nitrogen and oxygen atoms in total. The Labute approximate surface area is 545 Å². The van der Waals surface area contributed by atoms with Crippen molar-refractivity contribution in [3.8, 4) is 0 Å². The number of amides is 6. The quantitative estimate of drug-likeness (QED) is 0.0278. The monoisotopic (exact) mass is 1320 g/mol. The van der Waals surface area contributed by atoms with Crippen molar-refractivity contribution < 1.29 is 110 Å². The van der Waals surface area contributed by atoms with Crippen molar-refractivity contribution in [3.05, 3.63) is 0 Å². The average Bonchev–Trinajstić information content (AvgIpc) is 1.72. The smallest absolute Gasteiger partial charge is 0.407 e. The average molecular weight is 1330 g/mol. The van der Waals surface area contributed by atoms with Gasteiger partial charge in [0.25, 0.3) is 0 Å². The Morgan fingerprint density at radius 3 is 1.18 bits per heavy atom. The first-order valence-electron chi connectivity index (χ1n) is 32.4. The number of hydrogen-bond donors (Lipinski definition) is 6. The van der Waals surface area contributed by atoms with E-state index in [2.05, 4.69) is 31.9 Å². The molecule has 0 bridgehead atoms. The van der Waals surface area contributed by atoms with Crippen LogP contribution in [-0.4, -0.2) is 177 Å². The molecule has 6 N–H and O–H groups in total. The fourth-order valence-electron chi connectivity index (χ4n) is 9.17. The molecule has 0 fully saturated rings. The maximum atomic E-state index is 14.8. The molecule has 0 aromatic carbocycles. The topological polar surface area (TPSA) is 410 Å². The Morgan fingerprint density at radius 2 is 0.742 bits per heavy atom. The first-order chi connectivity index (χ1) is 43.9. The van der Waals surface area contributed by atoms with Crippen LogP contribution >= 0.6 is 0 Å². The molecule has 7 unspecified atom stereocenters. The van der Waals surface area contributed by atoms with Gasteiger partial charge in [-0.25, -0.2) is 19.2 Å². The zero-order chi connectivity index (χ0) is 70.5. The molecule has 0 aliphatic heterocycles. The minimum absolute atomic E-state index is 0.0128. The van der Waals surface area contributed by atoms with Gasteiger partial charge in [-0.15, -0.1) is 0 Å². The van der Waals surface area contributed by atoms with Crippen molar-refractivity contribution in [2.24, 2.45) is 11.8 Å². The predicted molar refractivity (Wildman–Crippen MR) is 334 cm³/mol. The summed E-state index contributed by atoms with van der Waals surface area (Å²) in [6, 6.07) is -6.92. The number of nitrogens with one attached hydrogen (secondary N) is 6. The van der Waals surface area contributed by atoms with E-state index in [0.29, 0.717) is 38.6 Å². The summed E-state index contributed by atoms with van der Waals surface area (Å²) < 4.78 is 35.7. The van der Waals surface area contributed by atoms with Crippen LogP contribution in [0.1, 0.15) is 217 Å². The van der Waals surface area contributed by atoms with Crippen molar-refractivity contribution >= 4 is 94.6 Å². The molecule has 0 radical (unpaired) electrons. The van der Waals surface area contributed by atoms with Gasteiger partial charge in [0.1, 0.15) is 47.1 Å². The van der Waals surface area contributed by atoms with Crippen LogP contribution in [0.5, 0.6) is 0 Å². The first-order valence-corrected chi connectivity index (χ1v) is 32.4. The van der Waals surface area contributed by atoms with E-state index < -0.39 is 188 Å². The summed E-state index contributed by atoms with van der Waals surface area (Å²) in [4.78, 5) is 211. The number of Topliss-reactive ketones (excluding diaryl/α,β-unsaturated/α-hetero) is 4. The summed E-state index contributed by atoms with van der Waals surface area (Å²) in [7, 11) is 0. The van der Waals surface area contributed by atoms with Crippen LogP contribution in [0.15, 0.2) is 0 Å². The third kappa shape index (κ3) is 41.4. The molecular weight excluding hydrogens is 1220 g/mol. The summed E-state index contributed by atoms with van der Waals surface area (Å²) in [6.07, 6.45) is -3.47. The standard InChI is InChI=1S/C64H104N6O23/c1-12-87-55(78)35-29-48(60(83)90-15-4)68-53(76)33-26-44(58(81)69-49(61(84)91-16-5)30-36-56(79)88-13-2)40-51(74)43(39-45(73)23-21-19-18-20-22-38-65-63(86)93-64(9,10)11)25-32-52(75)67-47(28-34-54(77)66-46(42(8)72)27-24-41(7)71)59(82)70-50(62(85)92-17-6)31-37-57(80)89-14-3/h43-44,46-50H,12-40H2,1-11H3,(H,65,86)(H,66,77)(H,67,75)(H,68,76)(H,69,81)(H,70,82). The van der Waals surface area contributed by atoms with Crippen molar-refractivity contribution in [2.45, 2.75) is 253 Å². The van der Waals surface area contributed by atoms with Gasteiger partial charge < -0.3 is 69.9 Å². The van der Waals surface area contributed by atoms with Gasteiger partial charge in [0.2, 0.25) is 29.5 Å². The number of carbonyl (C=O) groups is 16. The minimum atomic E-state index is -1.61. The Hall–Kier alpha value is -7.88. The molecule has 0 aromatic rings. The number of ether oxygens (including phenoxy) is 7. The van der Waals surface area contributed by atoms with Gasteiger partial charge in [0.05, 0.1) is 45.7 Å². The molecule has 528 valence electrons. The largest absolute Gasteiger partial charge is 0.466 e. The fourth-order valence-corrected chi connectivity index (χ4v) is 9.17. The summed E-state index contributed by atoms with van der Waals surface area (Å²) in [5.41, 5.74) is -0.672. The SMILES string of the molecule is CCOC(=O)CCC(NC(=O)CCC(CC(=O)C(CCC(=O)NC(CCC(=O)NC(CCC(C)=O)C(C)=O)C(=O)NC(CCC(=O)OCC)C(=O)OCC)CC(=O)CCCCCCCNC(=O)OC(C)(C)C)C(=O)NC(CCC(=O)OCC)C(=O)OCC)C(=O)OCC. The van der Waals surface area contributed by atoms with Gasteiger partial charge in [-0.2, -0.15) is 0 Å². The van der Waals surface area contributed by atoms with Crippen molar-refractivity contribution in [1.82, 2.24) is 31.9 Å². The number of hydrogen-bond acceptors (Lipinski definition) is 23. The maximum Gasteiger partial charge on any atom is 0.407 e. The molecule has 7 atom stereocenters. The van der Waals surface area contributed by atoms with Crippen LogP contribution in [-0.2, 0) is 105 Å². The van der Waals surface area contributed by atoms with Gasteiger partial charge in [0, 0.05) is 82.6 Å². The Bertz CT molecular complexity index is 2460. The lowest BCUT2D eigenvalue weighted by Crippen LogP contribution is -2.52. The third-order valence-corrected chi connectivity index (χ3v) is 13.9. The number of rotatable bonds is 51. The van der Waals surface area contributed by atoms with E-state index in [0.717, 1.165) is 0 Å². The molecule has 0 saturated heterocycles. The van der Waals surface area contributed by atoms with Crippen LogP contribution in [0.3, 0.4) is 0 Å². The van der Waals surface area contributed by atoms with E-state index in [1.165, 1.54) is 34.6 Å². The lowest BCUT2D eigenvalue weighted by atomic mass is 9.84. The highest BCUT2D eigenvalue weighted by atomic mass is 16.6. The molecule has 0 aliphatic rings. The van der Waals surface area contributed by atoms with E-state index in [-0.39, 0.29) is 103 Å². The minimum Gasteiger partial charge on any atom is -0.466 e. The first kappa shape index (κ1) is 85.1. The van der Waals surface area contributed by atoms with E-state index in [9.17, 15) is 76.7 Å². The maximum absolute atomic E-state index is 14.8. The Kier molecular flexibility index (Phi) is 44.7. The normalized spacial score (nSPS) is 13.2. The summed E-state index contributed by atoms with van der Waals surface area (Å²) in [5.74, 6) is -13.8. The van der Waals surface area contributed by atoms with Gasteiger partial charge in [-0.05, 0) is 134 Å². The van der Waals surface area contributed by atoms with E-state index in [1.54, 1.807) is 41.5 Å². The number of alkyl carbamates (subject to hydrolysis) is 1. The highest BCUT2D eigenvalue weighted by Gasteiger charge is 2.35. The third-order valence-electron chi connectivity index (χ3n) is 13.9. The lowest BCUT2D eigenvalue weighted by Gasteiger charge is -2.24. The number of ketones is 4. The van der Waals surface area contributed by atoms with Crippen LogP contribution in [0.25, 0.3) is 0 Å². The van der Waals surface area contributed by atoms with Crippen molar-refractivity contribution in [3.63, 3.8) is 0 Å². The van der Waals surface area contributed by atoms with E-state index in [1.807, 2.05) is 0 Å². The summed E-state index contributed by atoms with van der Waals surface area (Å²) >= 11 is 0. The van der Waals surface area contributed by atoms with Gasteiger partial charge >= 0.3 is 41.9 Å². The molecule has 0 aromatic heterocycles. The predicted octanol–water partition coefficient (Wildman–Crippen LogP) is 4.44. The molecular formula is C64H104N6O23. The molecule has 0 rings (SSSR count). The number of esters is 6. The second kappa shape index (κ2) is 48.8. The molecule has 93 heavy (non-hydrogen) atoms. The van der Waals surface area contributed by atoms with Gasteiger partial charge in [0.15, 0.2) is 5.78 Å². The van der Waals surface area contributed by atoms with E-state index >= 15 is 0 Å². The zero-order valence-electron chi connectivity index (χ0n) is 56.4. The molecule has 6 amide bonds. The van der Waals surface area contributed by atoms with Crippen molar-refractivity contribution in [2.75, 3.05) is 46.2 Å². The molecule has 0 spiro atoms. The summed E-state index contributed by atoms with van der Waals surface area (Å²) in [5, 5.41) is 15.3. The number of unbranched alkanes of at least 4 members (excludes halogenated alkanes) is 4. The van der Waals surface area contributed by atoms with E-state index in [4.69, 9.17) is 33.2 Å². The molecule has 0 heterocycles. The number of carbonyl (C=O) groups excluding carboxylic acids is 16. The molecule has 0 aliphatic carbocycles. The second-order valence-electron chi connectivity index (χ2n) is 23.0. The van der Waals surface area contributed by atoms with Crippen LogP contribution in [0.2, 0.25) is 0 Å². The summed E-state index contributed by atoms with van der Waals surface area (Å²) in [6.45, 7) is 17.2. The van der Waals surface area contributed by atoms with Crippen LogP contribution in [0, 0.1) is 11.8 Å².